The molecule has 0 aliphatic heterocycles. The number of anilines is 1. The molecule has 4 rings (SSSR count). The van der Waals surface area contributed by atoms with E-state index in [1.807, 2.05) is 22.8 Å². The Kier molecular flexibility index (Phi) is 2.98. The van der Waals surface area contributed by atoms with Gasteiger partial charge < -0.3 is 5.32 Å². The van der Waals surface area contributed by atoms with Gasteiger partial charge in [-0.1, -0.05) is 6.42 Å². The lowest BCUT2D eigenvalue weighted by molar-refractivity contribution is 0.303. The van der Waals surface area contributed by atoms with Crippen LogP contribution in [0.3, 0.4) is 0 Å². The number of hydrogen-bond acceptors (Lipinski definition) is 3. The van der Waals surface area contributed by atoms with Crippen molar-refractivity contribution in [3.63, 3.8) is 0 Å². The molecule has 2 heterocycles. The third kappa shape index (κ3) is 2.12. The SMILES string of the molecule is CC(Nc1nc2ccc(Br)cn2n1)C1CC2CCC1C2. The molecule has 2 fully saturated rings. The molecule has 4 atom stereocenters. The quantitative estimate of drug-likeness (QED) is 0.929. The van der Waals surface area contributed by atoms with Gasteiger partial charge >= 0.3 is 0 Å². The molecule has 0 aromatic carbocycles. The van der Waals surface area contributed by atoms with Gasteiger partial charge in [-0.05, 0) is 72.0 Å². The molecule has 106 valence electrons. The third-order valence-electron chi connectivity index (χ3n) is 5.09. The van der Waals surface area contributed by atoms with Gasteiger partial charge in [0, 0.05) is 16.7 Å². The Morgan fingerprint density at radius 3 is 3.00 bits per heavy atom. The van der Waals surface area contributed by atoms with Gasteiger partial charge in [0.25, 0.3) is 0 Å². The highest BCUT2D eigenvalue weighted by Gasteiger charge is 2.41. The highest BCUT2D eigenvalue weighted by atomic mass is 79.9. The molecular weight excluding hydrogens is 316 g/mol. The summed E-state index contributed by atoms with van der Waals surface area (Å²) in [6.45, 7) is 2.28. The van der Waals surface area contributed by atoms with Crippen molar-refractivity contribution < 1.29 is 0 Å². The van der Waals surface area contributed by atoms with Gasteiger partial charge in [-0.2, -0.15) is 4.98 Å². The van der Waals surface area contributed by atoms with E-state index in [0.29, 0.717) is 6.04 Å². The van der Waals surface area contributed by atoms with E-state index < -0.39 is 0 Å². The lowest BCUT2D eigenvalue weighted by Gasteiger charge is -2.28. The first-order valence-corrected chi connectivity index (χ1v) is 8.27. The normalized spacial score (nSPS) is 30.0. The third-order valence-corrected chi connectivity index (χ3v) is 5.56. The molecule has 2 aromatic rings. The Bertz CT molecular complexity index is 638. The summed E-state index contributed by atoms with van der Waals surface area (Å²) < 4.78 is 2.84. The Hall–Kier alpha value is -1.10. The zero-order valence-corrected chi connectivity index (χ0v) is 13.2. The van der Waals surface area contributed by atoms with Crippen molar-refractivity contribution in [2.45, 2.75) is 38.6 Å². The fraction of sp³-hybridized carbons (Fsp3) is 0.600. The molecule has 4 nitrogen and oxygen atoms in total. The van der Waals surface area contributed by atoms with Crippen LogP contribution in [0.25, 0.3) is 5.65 Å². The number of hydrogen-bond donors (Lipinski definition) is 1. The van der Waals surface area contributed by atoms with Crippen LogP contribution < -0.4 is 5.32 Å². The molecule has 2 aliphatic carbocycles. The van der Waals surface area contributed by atoms with Crippen molar-refractivity contribution in [2.24, 2.45) is 17.8 Å². The van der Waals surface area contributed by atoms with Crippen molar-refractivity contribution >= 4 is 27.5 Å². The molecule has 0 radical (unpaired) electrons. The second kappa shape index (κ2) is 4.72. The minimum absolute atomic E-state index is 0.464. The molecule has 4 unspecified atom stereocenters. The summed E-state index contributed by atoms with van der Waals surface area (Å²) in [6, 6.07) is 4.43. The maximum atomic E-state index is 4.55. The van der Waals surface area contributed by atoms with Crippen LogP contribution >= 0.6 is 15.9 Å². The maximum Gasteiger partial charge on any atom is 0.243 e. The van der Waals surface area contributed by atoms with E-state index in [0.717, 1.165) is 33.8 Å². The van der Waals surface area contributed by atoms with Crippen LogP contribution in [0.1, 0.15) is 32.6 Å². The smallest absolute Gasteiger partial charge is 0.243 e. The van der Waals surface area contributed by atoms with Crippen LogP contribution in [0.5, 0.6) is 0 Å². The fourth-order valence-electron chi connectivity index (χ4n) is 4.14. The minimum Gasteiger partial charge on any atom is -0.350 e. The van der Waals surface area contributed by atoms with E-state index in [1.165, 1.54) is 25.7 Å². The summed E-state index contributed by atoms with van der Waals surface area (Å²) in [5.41, 5.74) is 0.885. The second-order valence-corrected chi connectivity index (χ2v) is 7.27. The van der Waals surface area contributed by atoms with Gasteiger partial charge in [-0.15, -0.1) is 5.10 Å². The topological polar surface area (TPSA) is 42.2 Å². The first-order chi connectivity index (χ1) is 9.69. The van der Waals surface area contributed by atoms with Crippen LogP contribution in [0.4, 0.5) is 5.95 Å². The largest absolute Gasteiger partial charge is 0.350 e. The summed E-state index contributed by atoms with van der Waals surface area (Å²) >= 11 is 3.46. The molecule has 5 heteroatoms. The van der Waals surface area contributed by atoms with Gasteiger partial charge in [-0.3, -0.25) is 0 Å². The first-order valence-electron chi connectivity index (χ1n) is 7.47. The van der Waals surface area contributed by atoms with Crippen molar-refractivity contribution in [2.75, 3.05) is 5.32 Å². The number of pyridine rings is 1. The molecule has 0 amide bonds. The number of fused-ring (bicyclic) bond motifs is 3. The van der Waals surface area contributed by atoms with Gasteiger partial charge in [0.1, 0.15) is 0 Å². The van der Waals surface area contributed by atoms with Crippen molar-refractivity contribution in [1.82, 2.24) is 14.6 Å². The lowest BCUT2D eigenvalue weighted by atomic mass is 9.84. The number of rotatable bonds is 3. The van der Waals surface area contributed by atoms with Crippen LogP contribution in [-0.2, 0) is 0 Å². The standard InChI is InChI=1S/C15H19BrN4/c1-9(13-7-10-2-3-11(13)6-10)17-15-18-14-5-4-12(16)8-20(14)19-15/h4-5,8-11,13H,2-3,6-7H2,1H3,(H,17,19). The van der Waals surface area contributed by atoms with E-state index in [2.05, 4.69) is 38.3 Å². The summed E-state index contributed by atoms with van der Waals surface area (Å²) in [6.07, 6.45) is 7.65. The molecule has 2 saturated carbocycles. The summed E-state index contributed by atoms with van der Waals surface area (Å²) in [7, 11) is 0. The first kappa shape index (κ1) is 12.6. The van der Waals surface area contributed by atoms with Crippen LogP contribution in [0, 0.1) is 17.8 Å². The molecule has 20 heavy (non-hydrogen) atoms. The zero-order chi connectivity index (χ0) is 13.7. The molecule has 2 aromatic heterocycles. The van der Waals surface area contributed by atoms with Gasteiger partial charge in [-0.25, -0.2) is 4.52 Å². The fourth-order valence-corrected chi connectivity index (χ4v) is 4.46. The van der Waals surface area contributed by atoms with Crippen molar-refractivity contribution in [3.05, 3.63) is 22.8 Å². The van der Waals surface area contributed by atoms with Crippen LogP contribution in [-0.4, -0.2) is 20.6 Å². The minimum atomic E-state index is 0.464. The van der Waals surface area contributed by atoms with E-state index in [1.54, 1.807) is 0 Å². The predicted molar refractivity (Wildman–Crippen MR) is 82.7 cm³/mol. The van der Waals surface area contributed by atoms with Crippen molar-refractivity contribution in [3.8, 4) is 0 Å². The van der Waals surface area contributed by atoms with Crippen LogP contribution in [0.15, 0.2) is 22.8 Å². The summed E-state index contributed by atoms with van der Waals surface area (Å²) in [5.74, 6) is 3.46. The Morgan fingerprint density at radius 1 is 1.35 bits per heavy atom. The monoisotopic (exact) mass is 334 g/mol. The average molecular weight is 335 g/mol. The van der Waals surface area contributed by atoms with E-state index >= 15 is 0 Å². The van der Waals surface area contributed by atoms with E-state index in [9.17, 15) is 0 Å². The zero-order valence-electron chi connectivity index (χ0n) is 11.6. The Morgan fingerprint density at radius 2 is 2.25 bits per heavy atom. The number of nitrogens with zero attached hydrogens (tertiary/aromatic N) is 3. The lowest BCUT2D eigenvalue weighted by Crippen LogP contribution is -2.30. The van der Waals surface area contributed by atoms with Gasteiger partial charge in [0.2, 0.25) is 5.95 Å². The van der Waals surface area contributed by atoms with Crippen molar-refractivity contribution in [1.29, 1.82) is 0 Å². The summed E-state index contributed by atoms with van der Waals surface area (Å²) in [4.78, 5) is 4.55. The van der Waals surface area contributed by atoms with Crippen LogP contribution in [0.2, 0.25) is 0 Å². The average Bonchev–Trinajstić information content (AvgIpc) is 3.11. The molecule has 0 spiro atoms. The van der Waals surface area contributed by atoms with Gasteiger partial charge in [0.05, 0.1) is 0 Å². The highest BCUT2D eigenvalue weighted by molar-refractivity contribution is 9.10. The van der Waals surface area contributed by atoms with E-state index in [-0.39, 0.29) is 0 Å². The highest BCUT2D eigenvalue weighted by Crippen LogP contribution is 2.49. The Labute approximate surface area is 127 Å². The molecule has 0 saturated heterocycles. The summed E-state index contributed by atoms with van der Waals surface area (Å²) in [5, 5.41) is 8.03. The molecule has 2 aliphatic rings. The maximum absolute atomic E-state index is 4.55. The van der Waals surface area contributed by atoms with E-state index in [4.69, 9.17) is 0 Å². The predicted octanol–water partition coefficient (Wildman–Crippen LogP) is 3.73. The molecule has 1 N–H and O–H groups in total. The molecular formula is C15H19BrN4. The van der Waals surface area contributed by atoms with Gasteiger partial charge in [0.15, 0.2) is 5.65 Å². The number of aromatic nitrogens is 3. The second-order valence-electron chi connectivity index (χ2n) is 6.36. The number of halogens is 1. The number of nitrogens with one attached hydrogen (secondary N) is 1. The molecule has 2 bridgehead atoms. The Balaban J connectivity index is 1.52.